The van der Waals surface area contributed by atoms with Crippen LogP contribution in [0.5, 0.6) is 5.75 Å². The third kappa shape index (κ3) is 3.33. The number of carbonyl (C=O) groups is 2. The van der Waals surface area contributed by atoms with Gasteiger partial charge in [-0.05, 0) is 23.6 Å². The number of halogens is 1. The van der Waals surface area contributed by atoms with Crippen LogP contribution in [0.4, 0.5) is 9.39 Å². The van der Waals surface area contributed by atoms with Crippen molar-refractivity contribution in [2.24, 2.45) is 0 Å². The third-order valence-electron chi connectivity index (χ3n) is 2.34. The number of anilines is 1. The van der Waals surface area contributed by atoms with E-state index in [1.54, 1.807) is 11.4 Å². The van der Waals surface area contributed by atoms with Crippen LogP contribution >= 0.6 is 11.3 Å². The number of benzene rings is 1. The molecule has 0 fully saturated rings. The maximum atomic E-state index is 13.3. The Morgan fingerprint density at radius 2 is 2.05 bits per heavy atom. The van der Waals surface area contributed by atoms with Crippen molar-refractivity contribution in [3.05, 3.63) is 47.1 Å². The summed E-state index contributed by atoms with van der Waals surface area (Å²) in [5.74, 6) is -2.29. The fourth-order valence-electron chi connectivity index (χ4n) is 1.44. The Morgan fingerprint density at radius 1 is 1.30 bits per heavy atom. The molecule has 20 heavy (non-hydrogen) atoms. The van der Waals surface area contributed by atoms with E-state index < -0.39 is 24.3 Å². The minimum absolute atomic E-state index is 0.00856. The molecule has 2 rings (SSSR count). The highest BCUT2D eigenvalue weighted by atomic mass is 32.1. The zero-order valence-electron chi connectivity index (χ0n) is 10.1. The first-order chi connectivity index (χ1) is 9.58. The predicted octanol–water partition coefficient (Wildman–Crippen LogP) is 2.60. The number of nitrogens with one attached hydrogen (secondary N) is 1. The summed E-state index contributed by atoms with van der Waals surface area (Å²) in [6, 6.07) is 7.09. The van der Waals surface area contributed by atoms with Gasteiger partial charge in [-0.2, -0.15) is 0 Å². The molecule has 1 aromatic carbocycles. The Hall–Kier alpha value is -2.41. The molecule has 0 aliphatic carbocycles. The van der Waals surface area contributed by atoms with Crippen molar-refractivity contribution < 1.29 is 23.8 Å². The second-order valence-electron chi connectivity index (χ2n) is 3.74. The highest BCUT2D eigenvalue weighted by Crippen LogP contribution is 2.23. The van der Waals surface area contributed by atoms with Crippen LogP contribution in [0.25, 0.3) is 0 Å². The molecule has 0 aliphatic heterocycles. The number of carboxylic acids is 1. The summed E-state index contributed by atoms with van der Waals surface area (Å²) < 4.78 is 18.3. The molecule has 1 aromatic heterocycles. The van der Waals surface area contributed by atoms with Gasteiger partial charge >= 0.3 is 5.97 Å². The number of carbonyl (C=O) groups excluding carboxylic acids is 1. The number of aromatic carboxylic acids is 1. The number of ether oxygens (including phenoxy) is 1. The quantitative estimate of drug-likeness (QED) is 0.889. The van der Waals surface area contributed by atoms with E-state index >= 15 is 0 Å². The van der Waals surface area contributed by atoms with Crippen molar-refractivity contribution in [1.82, 2.24) is 0 Å². The highest BCUT2D eigenvalue weighted by Gasteiger charge is 2.14. The number of amides is 1. The van der Waals surface area contributed by atoms with Crippen LogP contribution in [0.2, 0.25) is 0 Å². The average Bonchev–Trinajstić information content (AvgIpc) is 2.86. The maximum absolute atomic E-state index is 13.3. The van der Waals surface area contributed by atoms with E-state index in [-0.39, 0.29) is 16.3 Å². The van der Waals surface area contributed by atoms with Gasteiger partial charge in [0.1, 0.15) is 5.00 Å². The SMILES string of the molecule is O=C(COc1ccccc1F)Nc1sccc1C(=O)O. The van der Waals surface area contributed by atoms with Crippen molar-refractivity contribution in [3.8, 4) is 5.75 Å². The summed E-state index contributed by atoms with van der Waals surface area (Å²) >= 11 is 1.09. The Balaban J connectivity index is 1.95. The lowest BCUT2D eigenvalue weighted by molar-refractivity contribution is -0.118. The Morgan fingerprint density at radius 3 is 2.75 bits per heavy atom. The fourth-order valence-corrected chi connectivity index (χ4v) is 2.24. The van der Waals surface area contributed by atoms with E-state index in [0.29, 0.717) is 0 Å². The number of carboxylic acid groups (broad SMARTS) is 1. The number of hydrogen-bond acceptors (Lipinski definition) is 4. The molecule has 5 nitrogen and oxygen atoms in total. The topological polar surface area (TPSA) is 75.6 Å². The normalized spacial score (nSPS) is 10.1. The molecule has 0 saturated carbocycles. The van der Waals surface area contributed by atoms with Gasteiger partial charge in [0.05, 0.1) is 5.56 Å². The van der Waals surface area contributed by atoms with Crippen molar-refractivity contribution in [2.45, 2.75) is 0 Å². The molecule has 1 amide bonds. The molecule has 1 heterocycles. The largest absolute Gasteiger partial charge is 0.481 e. The monoisotopic (exact) mass is 295 g/mol. The molecule has 0 bridgehead atoms. The lowest BCUT2D eigenvalue weighted by atomic mass is 10.3. The molecule has 0 unspecified atom stereocenters. The Bertz CT molecular complexity index is 641. The van der Waals surface area contributed by atoms with Gasteiger partial charge in [-0.1, -0.05) is 12.1 Å². The standard InChI is InChI=1S/C13H10FNO4S/c14-9-3-1-2-4-10(9)19-7-11(16)15-12-8(13(17)18)5-6-20-12/h1-6H,7H2,(H,15,16)(H,17,18). The molecule has 0 atom stereocenters. The fraction of sp³-hybridized carbons (Fsp3) is 0.0769. The number of rotatable bonds is 5. The molecule has 0 aliphatic rings. The first-order valence-electron chi connectivity index (χ1n) is 5.56. The van der Waals surface area contributed by atoms with E-state index in [9.17, 15) is 14.0 Å². The van der Waals surface area contributed by atoms with Gasteiger partial charge in [0, 0.05) is 0 Å². The zero-order chi connectivity index (χ0) is 14.5. The molecule has 7 heteroatoms. The van der Waals surface area contributed by atoms with Crippen molar-refractivity contribution in [1.29, 1.82) is 0 Å². The second-order valence-corrected chi connectivity index (χ2v) is 4.65. The molecule has 0 spiro atoms. The zero-order valence-corrected chi connectivity index (χ0v) is 10.9. The van der Waals surface area contributed by atoms with Crippen molar-refractivity contribution >= 4 is 28.2 Å². The first-order valence-corrected chi connectivity index (χ1v) is 6.44. The lowest BCUT2D eigenvalue weighted by Crippen LogP contribution is -2.21. The lowest BCUT2D eigenvalue weighted by Gasteiger charge is -2.07. The minimum atomic E-state index is -1.13. The van der Waals surface area contributed by atoms with Crippen LogP contribution in [0, 0.1) is 5.82 Å². The summed E-state index contributed by atoms with van der Waals surface area (Å²) in [5.41, 5.74) is 0.00856. The van der Waals surface area contributed by atoms with E-state index in [2.05, 4.69) is 5.32 Å². The van der Waals surface area contributed by atoms with Crippen LogP contribution in [0.3, 0.4) is 0 Å². The first kappa shape index (κ1) is 14.0. The molecule has 2 aromatic rings. The molecular formula is C13H10FNO4S. The summed E-state index contributed by atoms with van der Waals surface area (Å²) in [4.78, 5) is 22.5. The van der Waals surface area contributed by atoms with Crippen LogP contribution < -0.4 is 10.1 Å². The van der Waals surface area contributed by atoms with E-state index in [0.717, 1.165) is 11.3 Å². The van der Waals surface area contributed by atoms with Crippen molar-refractivity contribution in [3.63, 3.8) is 0 Å². The highest BCUT2D eigenvalue weighted by molar-refractivity contribution is 7.14. The number of hydrogen-bond donors (Lipinski definition) is 2. The van der Waals surface area contributed by atoms with Gasteiger partial charge in [0.2, 0.25) is 0 Å². The summed E-state index contributed by atoms with van der Waals surface area (Å²) in [7, 11) is 0. The van der Waals surface area contributed by atoms with E-state index in [1.807, 2.05) is 0 Å². The van der Waals surface area contributed by atoms with Gasteiger partial charge in [0.25, 0.3) is 5.91 Å². The predicted molar refractivity (Wildman–Crippen MR) is 71.8 cm³/mol. The smallest absolute Gasteiger partial charge is 0.338 e. The van der Waals surface area contributed by atoms with Crippen LogP contribution in [-0.4, -0.2) is 23.6 Å². The van der Waals surface area contributed by atoms with Crippen LogP contribution in [-0.2, 0) is 4.79 Å². The van der Waals surface area contributed by atoms with E-state index in [4.69, 9.17) is 9.84 Å². The molecule has 2 N–H and O–H groups in total. The molecule has 0 saturated heterocycles. The molecule has 104 valence electrons. The van der Waals surface area contributed by atoms with Gasteiger partial charge in [-0.15, -0.1) is 11.3 Å². The summed E-state index contributed by atoms with van der Waals surface area (Å²) in [6.45, 7) is -0.405. The maximum Gasteiger partial charge on any atom is 0.338 e. The number of para-hydroxylation sites is 1. The molecular weight excluding hydrogens is 285 g/mol. The molecule has 0 radical (unpaired) electrons. The van der Waals surface area contributed by atoms with Crippen LogP contribution in [0.1, 0.15) is 10.4 Å². The van der Waals surface area contributed by atoms with Crippen molar-refractivity contribution in [2.75, 3.05) is 11.9 Å². The number of thiophene rings is 1. The minimum Gasteiger partial charge on any atom is -0.481 e. The van der Waals surface area contributed by atoms with Gasteiger partial charge in [-0.25, -0.2) is 9.18 Å². The van der Waals surface area contributed by atoms with Gasteiger partial charge < -0.3 is 15.2 Å². The average molecular weight is 295 g/mol. The second kappa shape index (κ2) is 6.16. The Labute approximate surface area is 117 Å². The van der Waals surface area contributed by atoms with Crippen LogP contribution in [0.15, 0.2) is 35.7 Å². The van der Waals surface area contributed by atoms with Gasteiger partial charge in [-0.3, -0.25) is 4.79 Å². The summed E-state index contributed by atoms with van der Waals surface area (Å²) in [6.07, 6.45) is 0. The van der Waals surface area contributed by atoms with Gasteiger partial charge in [0.15, 0.2) is 18.2 Å². The third-order valence-corrected chi connectivity index (χ3v) is 3.17. The van der Waals surface area contributed by atoms with E-state index in [1.165, 1.54) is 24.3 Å². The Kier molecular flexibility index (Phi) is 4.31. The summed E-state index contributed by atoms with van der Waals surface area (Å²) in [5, 5.41) is 13.1.